The molecule has 2 rings (SSSR count). The van der Waals surface area contributed by atoms with E-state index in [1.165, 1.54) is 17.8 Å². The Hall–Kier alpha value is -0.910. The third-order valence-corrected chi connectivity index (χ3v) is 4.19. The van der Waals surface area contributed by atoms with Crippen molar-refractivity contribution in [1.29, 1.82) is 0 Å². The normalized spacial score (nSPS) is 19.5. The molecular weight excluding hydrogens is 234 g/mol. The Labute approximate surface area is 106 Å². The van der Waals surface area contributed by atoms with E-state index in [2.05, 4.69) is 24.2 Å². The molecule has 0 spiro atoms. The van der Waals surface area contributed by atoms with Crippen LogP contribution >= 0.6 is 11.3 Å². The number of amides is 1. The maximum atomic E-state index is 11.6. The Morgan fingerprint density at radius 1 is 1.65 bits per heavy atom. The standard InChI is InChI=1S/C12H19N3OS/c1-12(2)4-5-15(8-12)7-9-3-6-17-10(9)11(16)14-13/h3,6H,4-5,7-8,13H2,1-2H3,(H,14,16). The van der Waals surface area contributed by atoms with E-state index < -0.39 is 0 Å². The Morgan fingerprint density at radius 2 is 2.41 bits per heavy atom. The smallest absolute Gasteiger partial charge is 0.275 e. The van der Waals surface area contributed by atoms with E-state index in [0.717, 1.165) is 30.1 Å². The number of nitrogen functional groups attached to an aromatic ring is 1. The van der Waals surface area contributed by atoms with Crippen molar-refractivity contribution in [1.82, 2.24) is 10.3 Å². The maximum Gasteiger partial charge on any atom is 0.275 e. The molecule has 5 heteroatoms. The molecule has 1 aromatic rings. The topological polar surface area (TPSA) is 58.4 Å². The van der Waals surface area contributed by atoms with Crippen LogP contribution in [0, 0.1) is 5.41 Å². The number of hydrogen-bond donors (Lipinski definition) is 2. The molecule has 2 heterocycles. The highest BCUT2D eigenvalue weighted by atomic mass is 32.1. The van der Waals surface area contributed by atoms with E-state index >= 15 is 0 Å². The molecule has 94 valence electrons. The molecule has 0 aliphatic carbocycles. The molecule has 0 unspecified atom stereocenters. The van der Waals surface area contributed by atoms with Gasteiger partial charge in [0, 0.05) is 13.1 Å². The average molecular weight is 253 g/mol. The van der Waals surface area contributed by atoms with E-state index in [-0.39, 0.29) is 5.91 Å². The van der Waals surface area contributed by atoms with Crippen molar-refractivity contribution in [2.45, 2.75) is 26.8 Å². The minimum Gasteiger partial charge on any atom is -0.298 e. The Kier molecular flexibility index (Phi) is 3.51. The van der Waals surface area contributed by atoms with Crippen LogP contribution in [0.2, 0.25) is 0 Å². The molecule has 0 atom stereocenters. The summed E-state index contributed by atoms with van der Waals surface area (Å²) in [5, 5.41) is 1.95. The van der Waals surface area contributed by atoms with Gasteiger partial charge in [-0.2, -0.15) is 0 Å². The second-order valence-corrected chi connectivity index (χ2v) is 6.29. The van der Waals surface area contributed by atoms with Crippen LogP contribution in [-0.4, -0.2) is 23.9 Å². The number of carbonyl (C=O) groups excluding carboxylic acids is 1. The van der Waals surface area contributed by atoms with E-state index in [0.29, 0.717) is 5.41 Å². The van der Waals surface area contributed by atoms with Crippen molar-refractivity contribution in [3.8, 4) is 0 Å². The van der Waals surface area contributed by atoms with Crippen LogP contribution in [0.15, 0.2) is 11.4 Å². The lowest BCUT2D eigenvalue weighted by Crippen LogP contribution is -2.31. The fraction of sp³-hybridized carbons (Fsp3) is 0.583. The van der Waals surface area contributed by atoms with Gasteiger partial charge in [-0.25, -0.2) is 5.84 Å². The third-order valence-electron chi connectivity index (χ3n) is 3.23. The molecule has 0 aromatic carbocycles. The Morgan fingerprint density at radius 3 is 3.00 bits per heavy atom. The first-order chi connectivity index (χ1) is 8.02. The van der Waals surface area contributed by atoms with Crippen LogP contribution in [0.1, 0.15) is 35.5 Å². The third kappa shape index (κ3) is 2.86. The van der Waals surface area contributed by atoms with Crippen LogP contribution in [0.25, 0.3) is 0 Å². The molecule has 1 saturated heterocycles. The largest absolute Gasteiger partial charge is 0.298 e. The van der Waals surface area contributed by atoms with Crippen LogP contribution in [0.3, 0.4) is 0 Å². The zero-order valence-electron chi connectivity index (χ0n) is 10.3. The fourth-order valence-electron chi connectivity index (χ4n) is 2.33. The Bertz CT molecular complexity index is 414. The van der Waals surface area contributed by atoms with Crippen LogP contribution in [0.5, 0.6) is 0 Å². The lowest BCUT2D eigenvalue weighted by atomic mass is 9.93. The summed E-state index contributed by atoms with van der Waals surface area (Å²) in [5.74, 6) is 4.99. The lowest BCUT2D eigenvalue weighted by molar-refractivity contribution is 0.0956. The zero-order valence-corrected chi connectivity index (χ0v) is 11.1. The maximum absolute atomic E-state index is 11.6. The monoisotopic (exact) mass is 253 g/mol. The molecule has 1 amide bonds. The summed E-state index contributed by atoms with van der Waals surface area (Å²) in [6.07, 6.45) is 1.22. The van der Waals surface area contributed by atoms with Gasteiger partial charge in [-0.15, -0.1) is 11.3 Å². The summed E-state index contributed by atoms with van der Waals surface area (Å²) in [5.41, 5.74) is 3.68. The summed E-state index contributed by atoms with van der Waals surface area (Å²) in [6.45, 7) is 7.61. The number of rotatable bonds is 3. The van der Waals surface area contributed by atoms with Gasteiger partial charge in [0.05, 0.1) is 4.88 Å². The minimum atomic E-state index is -0.187. The van der Waals surface area contributed by atoms with Crippen molar-refractivity contribution in [3.05, 3.63) is 21.9 Å². The summed E-state index contributed by atoms with van der Waals surface area (Å²) in [4.78, 5) is 14.7. The summed E-state index contributed by atoms with van der Waals surface area (Å²) >= 11 is 1.45. The second-order valence-electron chi connectivity index (χ2n) is 5.37. The van der Waals surface area contributed by atoms with Crippen LogP contribution < -0.4 is 11.3 Å². The van der Waals surface area contributed by atoms with E-state index in [1.54, 1.807) is 0 Å². The molecule has 4 nitrogen and oxygen atoms in total. The predicted molar refractivity (Wildman–Crippen MR) is 69.6 cm³/mol. The molecule has 0 saturated carbocycles. The van der Waals surface area contributed by atoms with Crippen LogP contribution in [-0.2, 0) is 6.54 Å². The molecule has 1 aliphatic heterocycles. The van der Waals surface area contributed by atoms with Gasteiger partial charge in [-0.1, -0.05) is 13.8 Å². The first kappa shape index (κ1) is 12.5. The minimum absolute atomic E-state index is 0.187. The number of hydrazine groups is 1. The number of hydrogen-bond acceptors (Lipinski definition) is 4. The van der Waals surface area contributed by atoms with Crippen molar-refractivity contribution >= 4 is 17.2 Å². The van der Waals surface area contributed by atoms with Crippen molar-refractivity contribution in [2.24, 2.45) is 11.3 Å². The number of nitrogens with two attached hydrogens (primary N) is 1. The first-order valence-electron chi connectivity index (χ1n) is 5.81. The first-order valence-corrected chi connectivity index (χ1v) is 6.69. The van der Waals surface area contributed by atoms with Crippen LogP contribution in [0.4, 0.5) is 0 Å². The highest BCUT2D eigenvalue weighted by Crippen LogP contribution is 2.30. The summed E-state index contributed by atoms with van der Waals surface area (Å²) in [7, 11) is 0. The highest BCUT2D eigenvalue weighted by Gasteiger charge is 2.29. The van der Waals surface area contributed by atoms with Gasteiger partial charge in [0.15, 0.2) is 0 Å². The summed E-state index contributed by atoms with van der Waals surface area (Å²) < 4.78 is 0. The van der Waals surface area contributed by atoms with Gasteiger partial charge in [0.2, 0.25) is 0 Å². The number of nitrogens with zero attached hydrogens (tertiary/aromatic N) is 1. The van der Waals surface area contributed by atoms with Gasteiger partial charge in [0.1, 0.15) is 0 Å². The average Bonchev–Trinajstić information content (AvgIpc) is 2.85. The molecule has 0 radical (unpaired) electrons. The van der Waals surface area contributed by atoms with Crippen molar-refractivity contribution in [3.63, 3.8) is 0 Å². The summed E-state index contributed by atoms with van der Waals surface area (Å²) in [6, 6.07) is 2.01. The van der Waals surface area contributed by atoms with Gasteiger partial charge in [0.25, 0.3) is 5.91 Å². The van der Waals surface area contributed by atoms with E-state index in [1.807, 2.05) is 11.4 Å². The molecular formula is C12H19N3OS. The van der Waals surface area contributed by atoms with Crippen molar-refractivity contribution in [2.75, 3.05) is 13.1 Å². The predicted octanol–water partition coefficient (Wildman–Crippen LogP) is 1.58. The van der Waals surface area contributed by atoms with Crippen molar-refractivity contribution < 1.29 is 4.79 Å². The van der Waals surface area contributed by atoms with Gasteiger partial charge in [-0.05, 0) is 35.4 Å². The quantitative estimate of drug-likeness (QED) is 0.488. The molecule has 0 bridgehead atoms. The van der Waals surface area contributed by atoms with Gasteiger partial charge in [-0.3, -0.25) is 15.1 Å². The number of carbonyl (C=O) groups is 1. The van der Waals surface area contributed by atoms with E-state index in [4.69, 9.17) is 5.84 Å². The van der Waals surface area contributed by atoms with Gasteiger partial charge < -0.3 is 0 Å². The number of nitrogens with one attached hydrogen (secondary N) is 1. The second kappa shape index (κ2) is 4.76. The molecule has 1 aliphatic rings. The number of thiophene rings is 1. The Balaban J connectivity index is 2.05. The van der Waals surface area contributed by atoms with Gasteiger partial charge >= 0.3 is 0 Å². The highest BCUT2D eigenvalue weighted by molar-refractivity contribution is 7.12. The molecule has 17 heavy (non-hydrogen) atoms. The molecule has 1 aromatic heterocycles. The number of likely N-dealkylation sites (tertiary alicyclic amines) is 1. The molecule has 1 fully saturated rings. The molecule has 3 N–H and O–H groups in total. The van der Waals surface area contributed by atoms with E-state index in [9.17, 15) is 4.79 Å². The SMILES string of the molecule is CC1(C)CCN(Cc2ccsc2C(=O)NN)C1. The zero-order chi connectivity index (χ0) is 12.5. The lowest BCUT2D eigenvalue weighted by Gasteiger charge is -2.19. The fourth-order valence-corrected chi connectivity index (χ4v) is 3.14.